The molecular weight excluding hydrogens is 290 g/mol. The van der Waals surface area contributed by atoms with Crippen LogP contribution in [0.25, 0.3) is 0 Å². The lowest BCUT2D eigenvalue weighted by Crippen LogP contribution is -2.54. The molecule has 0 aliphatic carbocycles. The van der Waals surface area contributed by atoms with Crippen molar-refractivity contribution in [3.8, 4) is 6.07 Å². The van der Waals surface area contributed by atoms with Crippen molar-refractivity contribution in [1.82, 2.24) is 5.01 Å². The molecule has 0 fully saturated rings. The van der Waals surface area contributed by atoms with Gasteiger partial charge in [-0.2, -0.15) is 5.26 Å². The molecule has 1 aliphatic rings. The second-order valence-corrected chi connectivity index (χ2v) is 5.28. The number of hydrogen-bond acceptors (Lipinski definition) is 3. The molecule has 2 aromatic rings. The molecule has 1 unspecified atom stereocenters. The minimum absolute atomic E-state index is 0.118. The van der Waals surface area contributed by atoms with Gasteiger partial charge in [-0.15, -0.1) is 0 Å². The van der Waals surface area contributed by atoms with E-state index >= 15 is 0 Å². The van der Waals surface area contributed by atoms with E-state index in [1.54, 1.807) is 42.5 Å². The van der Waals surface area contributed by atoms with Gasteiger partial charge < -0.3 is 0 Å². The van der Waals surface area contributed by atoms with E-state index in [0.29, 0.717) is 16.8 Å². The lowest BCUT2D eigenvalue weighted by atomic mass is 9.94. The van der Waals surface area contributed by atoms with Gasteiger partial charge in [0.05, 0.1) is 24.2 Å². The fourth-order valence-corrected chi connectivity index (χ4v) is 2.92. The van der Waals surface area contributed by atoms with Gasteiger partial charge in [0, 0.05) is 12.5 Å². The summed E-state index contributed by atoms with van der Waals surface area (Å²) in [6.45, 7) is 1.40. The zero-order chi connectivity index (χ0) is 16.4. The second-order valence-electron chi connectivity index (χ2n) is 5.28. The molecule has 0 aromatic heterocycles. The molecule has 0 N–H and O–H groups in total. The molecule has 0 spiro atoms. The average Bonchev–Trinajstić information content (AvgIpc) is 2.57. The Morgan fingerprint density at radius 1 is 1.13 bits per heavy atom. The number of rotatable bonds is 2. The number of carbonyl (C=O) groups excluding carboxylic acids is 2. The first-order chi connectivity index (χ1) is 11.1. The number of hydrazine groups is 1. The van der Waals surface area contributed by atoms with Crippen molar-refractivity contribution in [3.63, 3.8) is 0 Å². The summed E-state index contributed by atoms with van der Waals surface area (Å²) in [6, 6.07) is 17.8. The van der Waals surface area contributed by atoms with Crippen molar-refractivity contribution in [3.05, 3.63) is 65.7 Å². The molecule has 5 nitrogen and oxygen atoms in total. The van der Waals surface area contributed by atoms with Crippen molar-refractivity contribution >= 4 is 17.5 Å². The Morgan fingerprint density at radius 2 is 1.78 bits per heavy atom. The van der Waals surface area contributed by atoms with Crippen LogP contribution < -0.4 is 5.01 Å². The quantitative estimate of drug-likeness (QED) is 0.856. The first-order valence-electron chi connectivity index (χ1n) is 7.30. The maximum absolute atomic E-state index is 12.9. The molecular formula is C18H15N3O2. The highest BCUT2D eigenvalue weighted by atomic mass is 16.2. The Balaban J connectivity index is 2.21. The van der Waals surface area contributed by atoms with Gasteiger partial charge in [-0.25, -0.2) is 10.0 Å². The standard InChI is InChI=1S/C18H15N3O2/c1-13(22)20-17(11-12-19)15-9-5-6-10-16(15)18(23)21(20)14-7-3-2-4-8-14/h2-10,17H,11H2,1H3. The minimum Gasteiger partial charge on any atom is -0.273 e. The number of hydrogen-bond donors (Lipinski definition) is 0. The van der Waals surface area contributed by atoms with Crippen molar-refractivity contribution < 1.29 is 9.59 Å². The summed E-state index contributed by atoms with van der Waals surface area (Å²) in [4.78, 5) is 25.2. The van der Waals surface area contributed by atoms with E-state index in [0.717, 1.165) is 0 Å². The van der Waals surface area contributed by atoms with Crippen LogP contribution in [0.1, 0.15) is 35.3 Å². The van der Waals surface area contributed by atoms with Crippen molar-refractivity contribution in [1.29, 1.82) is 5.26 Å². The molecule has 5 heteroatoms. The average molecular weight is 305 g/mol. The maximum Gasteiger partial charge on any atom is 0.277 e. The van der Waals surface area contributed by atoms with Crippen LogP contribution in [0.2, 0.25) is 0 Å². The first kappa shape index (κ1) is 14.8. The van der Waals surface area contributed by atoms with E-state index < -0.39 is 6.04 Å². The molecule has 1 aliphatic heterocycles. The van der Waals surface area contributed by atoms with Crippen LogP contribution in [0.3, 0.4) is 0 Å². The summed E-state index contributed by atoms with van der Waals surface area (Å²) in [5.41, 5.74) is 1.83. The Kier molecular flexibility index (Phi) is 3.82. The minimum atomic E-state index is -0.480. The smallest absolute Gasteiger partial charge is 0.273 e. The summed E-state index contributed by atoms with van der Waals surface area (Å²) < 4.78 is 0. The van der Waals surface area contributed by atoms with Gasteiger partial charge >= 0.3 is 0 Å². The Bertz CT molecular complexity index is 795. The van der Waals surface area contributed by atoms with Gasteiger partial charge in [0.15, 0.2) is 0 Å². The zero-order valence-corrected chi connectivity index (χ0v) is 12.6. The van der Waals surface area contributed by atoms with Gasteiger partial charge in [-0.3, -0.25) is 9.59 Å². The lowest BCUT2D eigenvalue weighted by Gasteiger charge is -2.43. The normalized spacial score (nSPS) is 16.7. The Hall–Kier alpha value is -3.13. The number of nitrogens with zero attached hydrogens (tertiary/aromatic N) is 3. The highest BCUT2D eigenvalue weighted by Gasteiger charge is 2.40. The Morgan fingerprint density at radius 3 is 2.43 bits per heavy atom. The van der Waals surface area contributed by atoms with Crippen molar-refractivity contribution in [2.45, 2.75) is 19.4 Å². The third-order valence-electron chi connectivity index (χ3n) is 3.86. The summed E-state index contributed by atoms with van der Waals surface area (Å²) in [5.74, 6) is -0.548. The number of nitriles is 1. The van der Waals surface area contributed by atoms with Crippen LogP contribution >= 0.6 is 0 Å². The molecule has 2 aromatic carbocycles. The fourth-order valence-electron chi connectivity index (χ4n) is 2.92. The number of anilines is 1. The summed E-state index contributed by atoms with van der Waals surface area (Å²) in [6.07, 6.45) is 0.118. The first-order valence-corrected chi connectivity index (χ1v) is 7.30. The second kappa shape index (κ2) is 5.93. The molecule has 2 amide bonds. The van der Waals surface area contributed by atoms with E-state index in [4.69, 9.17) is 0 Å². The van der Waals surface area contributed by atoms with Crippen LogP contribution in [-0.4, -0.2) is 16.8 Å². The highest BCUT2D eigenvalue weighted by molar-refractivity contribution is 6.09. The molecule has 114 valence electrons. The summed E-state index contributed by atoms with van der Waals surface area (Å²) >= 11 is 0. The monoisotopic (exact) mass is 305 g/mol. The van der Waals surface area contributed by atoms with E-state index in [-0.39, 0.29) is 18.2 Å². The van der Waals surface area contributed by atoms with Gasteiger partial charge in [-0.1, -0.05) is 36.4 Å². The molecule has 0 saturated heterocycles. The van der Waals surface area contributed by atoms with Gasteiger partial charge in [0.2, 0.25) is 5.91 Å². The number of benzene rings is 2. The third kappa shape index (κ3) is 2.44. The molecule has 3 rings (SSSR count). The predicted octanol–water partition coefficient (Wildman–Crippen LogP) is 3.07. The number of para-hydroxylation sites is 1. The Labute approximate surface area is 134 Å². The lowest BCUT2D eigenvalue weighted by molar-refractivity contribution is -0.131. The predicted molar refractivity (Wildman–Crippen MR) is 85.2 cm³/mol. The SMILES string of the molecule is CC(=O)N1C(CC#N)c2ccccc2C(=O)N1c1ccccc1. The molecule has 0 radical (unpaired) electrons. The van der Waals surface area contributed by atoms with Crippen LogP contribution in [0.5, 0.6) is 0 Å². The maximum atomic E-state index is 12.9. The molecule has 23 heavy (non-hydrogen) atoms. The molecule has 1 heterocycles. The van der Waals surface area contributed by atoms with E-state index in [1.165, 1.54) is 16.9 Å². The van der Waals surface area contributed by atoms with E-state index in [9.17, 15) is 14.9 Å². The van der Waals surface area contributed by atoms with Crippen LogP contribution in [0.15, 0.2) is 54.6 Å². The fraction of sp³-hybridized carbons (Fsp3) is 0.167. The highest BCUT2D eigenvalue weighted by Crippen LogP contribution is 2.37. The summed E-state index contributed by atoms with van der Waals surface area (Å²) in [7, 11) is 0. The van der Waals surface area contributed by atoms with Gasteiger partial charge in [0.25, 0.3) is 5.91 Å². The van der Waals surface area contributed by atoms with Gasteiger partial charge in [0.1, 0.15) is 0 Å². The van der Waals surface area contributed by atoms with Crippen molar-refractivity contribution in [2.75, 3.05) is 5.01 Å². The number of carbonyl (C=O) groups is 2. The van der Waals surface area contributed by atoms with Gasteiger partial charge in [-0.05, 0) is 23.8 Å². The zero-order valence-electron chi connectivity index (χ0n) is 12.6. The topological polar surface area (TPSA) is 64.4 Å². The third-order valence-corrected chi connectivity index (χ3v) is 3.86. The largest absolute Gasteiger partial charge is 0.277 e. The molecule has 1 atom stereocenters. The van der Waals surface area contributed by atoms with E-state index in [1.807, 2.05) is 12.1 Å². The number of fused-ring (bicyclic) bond motifs is 1. The van der Waals surface area contributed by atoms with Crippen LogP contribution in [-0.2, 0) is 4.79 Å². The van der Waals surface area contributed by atoms with Crippen LogP contribution in [0, 0.1) is 11.3 Å². The van der Waals surface area contributed by atoms with Crippen molar-refractivity contribution in [2.24, 2.45) is 0 Å². The van der Waals surface area contributed by atoms with E-state index in [2.05, 4.69) is 6.07 Å². The van der Waals surface area contributed by atoms with Crippen LogP contribution in [0.4, 0.5) is 5.69 Å². The molecule has 0 bridgehead atoms. The number of amides is 2. The molecule has 0 saturated carbocycles. The summed E-state index contributed by atoms with van der Waals surface area (Å²) in [5, 5.41) is 11.9.